The summed E-state index contributed by atoms with van der Waals surface area (Å²) in [5.74, 6) is 4.27. The molecule has 0 amide bonds. The van der Waals surface area contributed by atoms with Crippen LogP contribution < -0.4 is 11.3 Å². The molecule has 0 aliphatic carbocycles. The first kappa shape index (κ1) is 6.71. The van der Waals surface area contributed by atoms with Gasteiger partial charge in [-0.2, -0.15) is 0 Å². The highest BCUT2D eigenvalue weighted by Gasteiger charge is 2.15. The maximum Gasteiger partial charge on any atom is 0.283 e. The minimum absolute atomic E-state index is 1.25. The summed E-state index contributed by atoms with van der Waals surface area (Å²) in [6.45, 7) is 0. The summed E-state index contributed by atoms with van der Waals surface area (Å²) in [5.41, 5.74) is 1.25. The molecule has 0 aromatic rings. The number of nitrogens with two attached hydrogens (primary N) is 1. The number of hydrogen-bond donors (Lipinski definition) is 2. The predicted molar refractivity (Wildman–Crippen MR) is 18.2 cm³/mol. The minimum Gasteiger partial charge on any atom is -0.269 e. The lowest BCUT2D eigenvalue weighted by Gasteiger charge is -2.01. The zero-order valence-corrected chi connectivity index (χ0v) is 3.37. The fourth-order valence-electron chi connectivity index (χ4n) is 0.0727. The lowest BCUT2D eigenvalue weighted by atomic mass is 10.7. The van der Waals surface area contributed by atoms with Crippen LogP contribution in [0.3, 0.4) is 0 Å². The fourth-order valence-corrected chi connectivity index (χ4v) is 0.0727. The number of alkyl halides is 3. The Labute approximate surface area is 38.5 Å². The van der Waals surface area contributed by atoms with Crippen LogP contribution in [0, 0.1) is 0 Å². The molecule has 1 atom stereocenters. The van der Waals surface area contributed by atoms with Gasteiger partial charge < -0.3 is 0 Å². The first-order chi connectivity index (χ1) is 3.18. The monoisotopic (exact) mass is 114 g/mol. The van der Waals surface area contributed by atoms with E-state index in [0.717, 1.165) is 0 Å². The highest BCUT2D eigenvalue weighted by atomic mass is 19.3. The molecule has 5 heteroatoms. The van der Waals surface area contributed by atoms with Gasteiger partial charge in [0.2, 0.25) is 6.30 Å². The van der Waals surface area contributed by atoms with Gasteiger partial charge in [-0.05, 0) is 0 Å². The summed E-state index contributed by atoms with van der Waals surface area (Å²) < 4.78 is 33.1. The maximum atomic E-state index is 11.3. The van der Waals surface area contributed by atoms with Gasteiger partial charge in [-0.3, -0.25) is 5.84 Å². The third-order valence-corrected chi connectivity index (χ3v) is 0.380. The molecule has 0 aromatic carbocycles. The largest absolute Gasteiger partial charge is 0.283 e. The Bertz CT molecular complexity index is 48.2. The van der Waals surface area contributed by atoms with Crippen molar-refractivity contribution < 1.29 is 13.2 Å². The van der Waals surface area contributed by atoms with Crippen LogP contribution in [-0.4, -0.2) is 12.7 Å². The van der Waals surface area contributed by atoms with Crippen LogP contribution in [-0.2, 0) is 0 Å². The van der Waals surface area contributed by atoms with Crippen LogP contribution in [0.1, 0.15) is 0 Å². The first-order valence-electron chi connectivity index (χ1n) is 1.57. The van der Waals surface area contributed by atoms with Gasteiger partial charge in [-0.1, -0.05) is 0 Å². The number of hydrazine groups is 1. The summed E-state index contributed by atoms with van der Waals surface area (Å²) in [5, 5.41) is 0. The average molecular weight is 114 g/mol. The number of hydrogen-bond acceptors (Lipinski definition) is 2. The molecule has 0 aromatic heterocycles. The molecule has 0 heterocycles. The quantitative estimate of drug-likeness (QED) is 0.301. The van der Waals surface area contributed by atoms with Gasteiger partial charge in [0.15, 0.2) is 0 Å². The van der Waals surface area contributed by atoms with Crippen molar-refractivity contribution in [2.45, 2.75) is 12.7 Å². The summed E-state index contributed by atoms with van der Waals surface area (Å²) in [6, 6.07) is 0. The third-order valence-electron chi connectivity index (χ3n) is 0.380. The predicted octanol–water partition coefficient (Wildman–Crippen LogP) is 0.0104. The lowest BCUT2D eigenvalue weighted by molar-refractivity contribution is 0.0310. The molecule has 0 fully saturated rings. The Hall–Kier alpha value is -0.290. The van der Waals surface area contributed by atoms with Crippen molar-refractivity contribution in [2.24, 2.45) is 5.84 Å². The van der Waals surface area contributed by atoms with E-state index in [4.69, 9.17) is 0 Å². The van der Waals surface area contributed by atoms with Crippen LogP contribution in [0.5, 0.6) is 0 Å². The Morgan fingerprint density at radius 2 is 1.71 bits per heavy atom. The van der Waals surface area contributed by atoms with Gasteiger partial charge in [0.05, 0.1) is 0 Å². The van der Waals surface area contributed by atoms with Crippen molar-refractivity contribution in [3.63, 3.8) is 0 Å². The Balaban J connectivity index is 3.14. The van der Waals surface area contributed by atoms with Crippen LogP contribution in [0.25, 0.3) is 0 Å². The standard InChI is InChI=1S/C2H5F3N2/c3-1(4)2(5)7-6/h1-2,7H,6H2. The fraction of sp³-hybridized carbons (Fsp3) is 1.00. The molecule has 0 saturated carbocycles. The van der Waals surface area contributed by atoms with E-state index in [1.54, 1.807) is 0 Å². The molecule has 44 valence electrons. The second-order valence-corrected chi connectivity index (χ2v) is 0.903. The molecule has 0 rings (SSSR count). The molecule has 0 saturated heterocycles. The van der Waals surface area contributed by atoms with E-state index < -0.39 is 12.7 Å². The molecule has 1 unspecified atom stereocenters. The molecule has 3 N–H and O–H groups in total. The minimum atomic E-state index is -3.04. The van der Waals surface area contributed by atoms with E-state index in [9.17, 15) is 13.2 Å². The molecular weight excluding hydrogens is 109 g/mol. The Morgan fingerprint density at radius 1 is 1.29 bits per heavy atom. The molecule has 0 radical (unpaired) electrons. The highest BCUT2D eigenvalue weighted by Crippen LogP contribution is 1.98. The van der Waals surface area contributed by atoms with Crippen LogP contribution >= 0.6 is 0 Å². The summed E-state index contributed by atoms with van der Waals surface area (Å²) >= 11 is 0. The second kappa shape index (κ2) is 2.81. The Morgan fingerprint density at radius 3 is 1.71 bits per heavy atom. The third kappa shape index (κ3) is 2.41. The van der Waals surface area contributed by atoms with E-state index in [1.807, 2.05) is 0 Å². The molecular formula is C2H5F3N2. The molecule has 7 heavy (non-hydrogen) atoms. The molecule has 0 bridgehead atoms. The van der Waals surface area contributed by atoms with Crippen molar-refractivity contribution in [3.8, 4) is 0 Å². The SMILES string of the molecule is NNC(F)C(F)F. The normalized spacial score (nSPS) is 15.0. The van der Waals surface area contributed by atoms with Gasteiger partial charge in [0.1, 0.15) is 0 Å². The highest BCUT2D eigenvalue weighted by molar-refractivity contribution is 4.46. The first-order valence-corrected chi connectivity index (χ1v) is 1.57. The van der Waals surface area contributed by atoms with Crippen molar-refractivity contribution >= 4 is 0 Å². The van der Waals surface area contributed by atoms with Crippen LogP contribution in [0.4, 0.5) is 13.2 Å². The smallest absolute Gasteiger partial charge is 0.269 e. The van der Waals surface area contributed by atoms with Gasteiger partial charge in [-0.15, -0.1) is 0 Å². The van der Waals surface area contributed by atoms with E-state index in [1.165, 1.54) is 5.43 Å². The van der Waals surface area contributed by atoms with E-state index in [-0.39, 0.29) is 0 Å². The van der Waals surface area contributed by atoms with Crippen LogP contribution in [0.2, 0.25) is 0 Å². The zero-order chi connectivity index (χ0) is 5.86. The van der Waals surface area contributed by atoms with Crippen molar-refractivity contribution in [2.75, 3.05) is 0 Å². The number of nitrogens with one attached hydrogen (secondary N) is 1. The molecule has 2 nitrogen and oxygen atoms in total. The maximum absolute atomic E-state index is 11.3. The number of rotatable bonds is 2. The van der Waals surface area contributed by atoms with Crippen molar-refractivity contribution in [3.05, 3.63) is 0 Å². The molecule has 0 aliphatic rings. The summed E-state index contributed by atoms with van der Waals surface area (Å²) in [6.07, 6.45) is -5.44. The molecule has 0 aliphatic heterocycles. The van der Waals surface area contributed by atoms with Gasteiger partial charge in [-0.25, -0.2) is 18.6 Å². The lowest BCUT2D eigenvalue weighted by Crippen LogP contribution is -2.36. The van der Waals surface area contributed by atoms with Crippen molar-refractivity contribution in [1.29, 1.82) is 0 Å². The summed E-state index contributed by atoms with van der Waals surface area (Å²) in [7, 11) is 0. The zero-order valence-electron chi connectivity index (χ0n) is 3.37. The van der Waals surface area contributed by atoms with E-state index in [0.29, 0.717) is 0 Å². The van der Waals surface area contributed by atoms with E-state index >= 15 is 0 Å². The van der Waals surface area contributed by atoms with Gasteiger partial charge in [0, 0.05) is 0 Å². The average Bonchev–Trinajstić information content (AvgIpc) is 1.65. The van der Waals surface area contributed by atoms with Crippen LogP contribution in [0.15, 0.2) is 0 Å². The topological polar surface area (TPSA) is 38.0 Å². The second-order valence-electron chi connectivity index (χ2n) is 0.903. The van der Waals surface area contributed by atoms with Crippen molar-refractivity contribution in [1.82, 2.24) is 5.43 Å². The molecule has 0 spiro atoms. The number of halogens is 3. The Kier molecular flexibility index (Phi) is 2.70. The van der Waals surface area contributed by atoms with E-state index in [2.05, 4.69) is 5.84 Å². The summed E-state index contributed by atoms with van der Waals surface area (Å²) in [4.78, 5) is 0. The van der Waals surface area contributed by atoms with Gasteiger partial charge >= 0.3 is 0 Å². The van der Waals surface area contributed by atoms with Gasteiger partial charge in [0.25, 0.3) is 6.43 Å².